The van der Waals surface area contributed by atoms with Crippen LogP contribution in [0.1, 0.15) is 51.9 Å². The van der Waals surface area contributed by atoms with Crippen molar-refractivity contribution >= 4 is 17.3 Å². The molecule has 2 aliphatic rings. The number of rotatable bonds is 10. The highest BCUT2D eigenvalue weighted by molar-refractivity contribution is 5.89. The fourth-order valence-electron chi connectivity index (χ4n) is 4.53. The average molecular weight is 417 g/mol. The standard InChI is InChI=1S/C24H40N4O2/c1-21(29)25-23-11-8-12-24(19-23)28-17-15-27(16-18-28)14-7-6-13-26(2)30-20-22-9-4-3-5-10-22/h8,11-12,19,22H,3-7,9-10,13-18,20H2,1-2H3,(H,25,29). The zero-order valence-electron chi connectivity index (χ0n) is 18.9. The summed E-state index contributed by atoms with van der Waals surface area (Å²) in [5.74, 6) is 0.749. The number of hydrogen-bond donors (Lipinski definition) is 1. The molecule has 3 rings (SSSR count). The van der Waals surface area contributed by atoms with Gasteiger partial charge in [-0.15, -0.1) is 0 Å². The number of unbranched alkanes of at least 4 members (excludes halogenated alkanes) is 1. The number of nitrogens with one attached hydrogen (secondary N) is 1. The summed E-state index contributed by atoms with van der Waals surface area (Å²) in [6.45, 7) is 8.89. The van der Waals surface area contributed by atoms with E-state index in [4.69, 9.17) is 4.84 Å². The number of benzene rings is 1. The number of amides is 1. The molecule has 0 bridgehead atoms. The molecule has 1 N–H and O–H groups in total. The van der Waals surface area contributed by atoms with Gasteiger partial charge in [-0.2, -0.15) is 5.06 Å². The van der Waals surface area contributed by atoms with Crippen molar-refractivity contribution in [3.05, 3.63) is 24.3 Å². The maximum Gasteiger partial charge on any atom is 0.221 e. The van der Waals surface area contributed by atoms with E-state index in [-0.39, 0.29) is 5.91 Å². The van der Waals surface area contributed by atoms with Gasteiger partial charge in [-0.3, -0.25) is 14.5 Å². The average Bonchev–Trinajstić information content (AvgIpc) is 2.76. The smallest absolute Gasteiger partial charge is 0.221 e. The van der Waals surface area contributed by atoms with Crippen molar-refractivity contribution in [2.45, 2.75) is 51.9 Å². The Morgan fingerprint density at radius 3 is 2.63 bits per heavy atom. The largest absolute Gasteiger partial charge is 0.369 e. The Labute approximate surface area is 182 Å². The lowest BCUT2D eigenvalue weighted by molar-refractivity contribution is -0.154. The first-order valence-electron chi connectivity index (χ1n) is 11.8. The fourth-order valence-corrected chi connectivity index (χ4v) is 4.53. The van der Waals surface area contributed by atoms with Gasteiger partial charge in [-0.1, -0.05) is 25.3 Å². The van der Waals surface area contributed by atoms with Crippen LogP contribution in [0.2, 0.25) is 0 Å². The zero-order valence-corrected chi connectivity index (χ0v) is 18.9. The third-order valence-electron chi connectivity index (χ3n) is 6.36. The van der Waals surface area contributed by atoms with E-state index in [0.29, 0.717) is 0 Å². The summed E-state index contributed by atoms with van der Waals surface area (Å²) in [5.41, 5.74) is 2.06. The Bertz CT molecular complexity index is 640. The molecule has 0 aromatic heterocycles. The molecule has 1 amide bonds. The minimum atomic E-state index is -0.0259. The van der Waals surface area contributed by atoms with Crippen LogP contribution in [0.5, 0.6) is 0 Å². The van der Waals surface area contributed by atoms with Crippen molar-refractivity contribution in [3.8, 4) is 0 Å². The minimum Gasteiger partial charge on any atom is -0.369 e. The van der Waals surface area contributed by atoms with Crippen molar-refractivity contribution in [1.29, 1.82) is 0 Å². The quantitative estimate of drug-likeness (QED) is 0.462. The lowest BCUT2D eigenvalue weighted by atomic mass is 9.90. The van der Waals surface area contributed by atoms with Gasteiger partial charge >= 0.3 is 0 Å². The normalized spacial score (nSPS) is 18.7. The topological polar surface area (TPSA) is 48.1 Å². The maximum absolute atomic E-state index is 11.3. The second-order valence-corrected chi connectivity index (χ2v) is 8.92. The van der Waals surface area contributed by atoms with Crippen molar-refractivity contribution in [2.24, 2.45) is 5.92 Å². The number of hydrogen-bond acceptors (Lipinski definition) is 5. The molecular formula is C24H40N4O2. The lowest BCUT2D eigenvalue weighted by Crippen LogP contribution is -2.46. The molecule has 1 saturated heterocycles. The van der Waals surface area contributed by atoms with Crippen LogP contribution in [0.15, 0.2) is 24.3 Å². The van der Waals surface area contributed by atoms with Gasteiger partial charge in [0.15, 0.2) is 0 Å². The molecule has 1 heterocycles. The highest BCUT2D eigenvalue weighted by Crippen LogP contribution is 2.24. The fraction of sp³-hybridized carbons (Fsp3) is 0.708. The second kappa shape index (κ2) is 12.3. The number of carbonyl (C=O) groups excluding carboxylic acids is 1. The molecule has 6 heteroatoms. The lowest BCUT2D eigenvalue weighted by Gasteiger charge is -2.36. The van der Waals surface area contributed by atoms with E-state index in [9.17, 15) is 4.79 Å². The summed E-state index contributed by atoms with van der Waals surface area (Å²) in [6, 6.07) is 8.15. The molecule has 0 spiro atoms. The molecule has 1 aliphatic carbocycles. The van der Waals surface area contributed by atoms with Crippen LogP contribution in [0.25, 0.3) is 0 Å². The summed E-state index contributed by atoms with van der Waals surface area (Å²) in [5, 5.41) is 4.92. The second-order valence-electron chi connectivity index (χ2n) is 8.92. The van der Waals surface area contributed by atoms with E-state index in [0.717, 1.165) is 57.5 Å². The first kappa shape index (κ1) is 23.0. The van der Waals surface area contributed by atoms with Crippen molar-refractivity contribution in [3.63, 3.8) is 0 Å². The number of hydroxylamine groups is 2. The van der Waals surface area contributed by atoms with Gasteiger partial charge in [0.2, 0.25) is 5.91 Å². The predicted molar refractivity (Wildman–Crippen MR) is 124 cm³/mol. The first-order valence-corrected chi connectivity index (χ1v) is 11.8. The van der Waals surface area contributed by atoms with Gasteiger partial charge in [0, 0.05) is 58.1 Å². The van der Waals surface area contributed by atoms with E-state index in [1.165, 1.54) is 50.6 Å². The molecule has 6 nitrogen and oxygen atoms in total. The molecule has 30 heavy (non-hydrogen) atoms. The molecule has 0 unspecified atom stereocenters. The van der Waals surface area contributed by atoms with Crippen molar-refractivity contribution < 1.29 is 9.63 Å². The summed E-state index contributed by atoms with van der Waals surface area (Å²) in [7, 11) is 2.08. The van der Waals surface area contributed by atoms with E-state index < -0.39 is 0 Å². The van der Waals surface area contributed by atoms with Crippen LogP contribution in [-0.2, 0) is 9.63 Å². The highest BCUT2D eigenvalue weighted by atomic mass is 16.7. The first-order chi connectivity index (χ1) is 14.6. The molecule has 1 saturated carbocycles. The molecule has 2 fully saturated rings. The highest BCUT2D eigenvalue weighted by Gasteiger charge is 2.18. The Balaban J connectivity index is 1.27. The molecule has 1 aromatic rings. The van der Waals surface area contributed by atoms with E-state index in [1.807, 2.05) is 12.1 Å². The number of carbonyl (C=O) groups is 1. The van der Waals surface area contributed by atoms with Crippen LogP contribution in [0.3, 0.4) is 0 Å². The Morgan fingerprint density at radius 2 is 1.90 bits per heavy atom. The monoisotopic (exact) mass is 416 g/mol. The summed E-state index contributed by atoms with van der Waals surface area (Å²) < 4.78 is 0. The summed E-state index contributed by atoms with van der Waals surface area (Å²) >= 11 is 0. The molecule has 168 valence electrons. The van der Waals surface area contributed by atoms with Crippen LogP contribution in [-0.4, -0.2) is 68.8 Å². The van der Waals surface area contributed by atoms with E-state index in [1.54, 1.807) is 6.92 Å². The number of anilines is 2. The molecule has 1 aromatic carbocycles. The van der Waals surface area contributed by atoms with Crippen molar-refractivity contribution in [1.82, 2.24) is 9.96 Å². The van der Waals surface area contributed by atoms with E-state index in [2.05, 4.69) is 39.4 Å². The molecule has 0 atom stereocenters. The Morgan fingerprint density at radius 1 is 1.13 bits per heavy atom. The maximum atomic E-state index is 11.3. The van der Waals surface area contributed by atoms with Crippen LogP contribution in [0, 0.1) is 5.92 Å². The van der Waals surface area contributed by atoms with Gasteiger partial charge in [0.1, 0.15) is 0 Å². The number of nitrogens with zero attached hydrogens (tertiary/aromatic N) is 3. The third kappa shape index (κ3) is 7.89. The summed E-state index contributed by atoms with van der Waals surface area (Å²) in [4.78, 5) is 22.2. The zero-order chi connectivity index (χ0) is 21.2. The van der Waals surface area contributed by atoms with Gasteiger partial charge in [0.25, 0.3) is 0 Å². The van der Waals surface area contributed by atoms with Crippen LogP contribution >= 0.6 is 0 Å². The molecule has 1 aliphatic heterocycles. The number of piperazine rings is 1. The third-order valence-corrected chi connectivity index (χ3v) is 6.36. The van der Waals surface area contributed by atoms with Crippen molar-refractivity contribution in [2.75, 3.05) is 63.1 Å². The van der Waals surface area contributed by atoms with Gasteiger partial charge < -0.3 is 10.2 Å². The van der Waals surface area contributed by atoms with Gasteiger partial charge in [-0.05, 0) is 56.3 Å². The predicted octanol–water partition coefficient (Wildman–Crippen LogP) is 3.99. The van der Waals surface area contributed by atoms with Gasteiger partial charge in [0.05, 0.1) is 6.61 Å². The minimum absolute atomic E-state index is 0.0259. The Hall–Kier alpha value is -1.63. The molecular weight excluding hydrogens is 376 g/mol. The molecule has 0 radical (unpaired) electrons. The van der Waals surface area contributed by atoms with Crippen LogP contribution in [0.4, 0.5) is 11.4 Å². The SMILES string of the molecule is CC(=O)Nc1cccc(N2CCN(CCCCN(C)OCC3CCCCC3)CC2)c1. The Kier molecular flexibility index (Phi) is 9.43. The van der Waals surface area contributed by atoms with Gasteiger partial charge in [-0.25, -0.2) is 0 Å². The summed E-state index contributed by atoms with van der Waals surface area (Å²) in [6.07, 6.45) is 9.26. The van der Waals surface area contributed by atoms with E-state index >= 15 is 0 Å². The van der Waals surface area contributed by atoms with Crippen LogP contribution < -0.4 is 10.2 Å².